The van der Waals surface area contributed by atoms with E-state index in [1.165, 1.54) is 24.3 Å². The van der Waals surface area contributed by atoms with Crippen LogP contribution in [0, 0.1) is 0 Å². The van der Waals surface area contributed by atoms with Crippen LogP contribution in [0.2, 0.25) is 0 Å². The zero-order valence-corrected chi connectivity index (χ0v) is 10.7. The van der Waals surface area contributed by atoms with E-state index in [0.717, 1.165) is 0 Å². The second kappa shape index (κ2) is 6.08. The second-order valence-electron chi connectivity index (χ2n) is 4.07. The normalized spacial score (nSPS) is 10.4. The summed E-state index contributed by atoms with van der Waals surface area (Å²) in [4.78, 5) is 11.0. The summed E-state index contributed by atoms with van der Waals surface area (Å²) in [6.45, 7) is -2.96. The van der Waals surface area contributed by atoms with Gasteiger partial charge in [0.15, 0.2) is 0 Å². The molecule has 0 atom stereocenters. The number of alkyl halides is 2. The molecule has 0 saturated carbocycles. The molecule has 21 heavy (non-hydrogen) atoms. The molecule has 0 amide bonds. The Kier molecular flexibility index (Phi) is 4.22. The van der Waals surface area contributed by atoms with Crippen molar-refractivity contribution in [2.45, 2.75) is 6.61 Å². The summed E-state index contributed by atoms with van der Waals surface area (Å²) in [6, 6.07) is 10.4. The van der Waals surface area contributed by atoms with E-state index in [-0.39, 0.29) is 22.7 Å². The van der Waals surface area contributed by atoms with Crippen LogP contribution in [-0.2, 0) is 0 Å². The molecule has 0 unspecified atom stereocenters. The maximum Gasteiger partial charge on any atom is 0.387 e. The molecule has 0 bridgehead atoms. The Hall–Kier alpha value is -2.83. The largest absolute Gasteiger partial charge is 0.478 e. The van der Waals surface area contributed by atoms with Gasteiger partial charge >= 0.3 is 12.6 Å². The summed E-state index contributed by atoms with van der Waals surface area (Å²) in [7, 11) is 0. The van der Waals surface area contributed by atoms with Crippen molar-refractivity contribution < 1.29 is 23.4 Å². The van der Waals surface area contributed by atoms with Crippen LogP contribution in [0.1, 0.15) is 10.4 Å². The quantitative estimate of drug-likeness (QED) is 0.737. The number of ether oxygens (including phenoxy) is 1. The minimum atomic E-state index is -2.96. The number of benzene rings is 2. The van der Waals surface area contributed by atoms with Crippen molar-refractivity contribution >= 4 is 23.0 Å². The number of halogens is 2. The number of nitrogen functional groups attached to an aromatic ring is 1. The van der Waals surface area contributed by atoms with E-state index in [4.69, 9.17) is 10.8 Å². The maximum atomic E-state index is 12.3. The van der Waals surface area contributed by atoms with Gasteiger partial charge < -0.3 is 20.9 Å². The lowest BCUT2D eigenvalue weighted by molar-refractivity contribution is -0.0493. The van der Waals surface area contributed by atoms with Gasteiger partial charge in [0.25, 0.3) is 0 Å². The van der Waals surface area contributed by atoms with Crippen LogP contribution in [0.3, 0.4) is 0 Å². The van der Waals surface area contributed by atoms with Gasteiger partial charge in [-0.2, -0.15) is 8.78 Å². The zero-order valence-electron chi connectivity index (χ0n) is 10.7. The Morgan fingerprint density at radius 1 is 1.14 bits per heavy atom. The fraction of sp³-hybridized carbons (Fsp3) is 0.0714. The lowest BCUT2D eigenvalue weighted by atomic mass is 10.1. The number of rotatable bonds is 5. The van der Waals surface area contributed by atoms with Crippen LogP contribution >= 0.6 is 0 Å². The number of hydrogen-bond acceptors (Lipinski definition) is 4. The van der Waals surface area contributed by atoms with Crippen LogP contribution in [-0.4, -0.2) is 17.7 Å². The van der Waals surface area contributed by atoms with E-state index in [0.29, 0.717) is 5.69 Å². The Balaban J connectivity index is 2.35. The van der Waals surface area contributed by atoms with Gasteiger partial charge in [0.05, 0.1) is 22.6 Å². The summed E-state index contributed by atoms with van der Waals surface area (Å²) in [5.74, 6) is -1.24. The maximum absolute atomic E-state index is 12.3. The van der Waals surface area contributed by atoms with E-state index in [2.05, 4.69) is 10.1 Å². The second-order valence-corrected chi connectivity index (χ2v) is 4.07. The van der Waals surface area contributed by atoms with Crippen molar-refractivity contribution in [3.63, 3.8) is 0 Å². The average Bonchev–Trinajstić information content (AvgIpc) is 2.42. The molecule has 110 valence electrons. The van der Waals surface area contributed by atoms with Crippen molar-refractivity contribution in [1.82, 2.24) is 0 Å². The highest BCUT2D eigenvalue weighted by Crippen LogP contribution is 2.32. The molecule has 0 aliphatic heterocycles. The average molecular weight is 294 g/mol. The highest BCUT2D eigenvalue weighted by atomic mass is 19.3. The lowest BCUT2D eigenvalue weighted by Crippen LogP contribution is -2.07. The molecule has 4 N–H and O–H groups in total. The van der Waals surface area contributed by atoms with Gasteiger partial charge in [-0.25, -0.2) is 4.79 Å². The third kappa shape index (κ3) is 3.38. The number of nitrogens with two attached hydrogens (primary N) is 1. The van der Waals surface area contributed by atoms with E-state index >= 15 is 0 Å². The van der Waals surface area contributed by atoms with E-state index in [1.807, 2.05) is 0 Å². The molecule has 2 aromatic carbocycles. The third-order valence-corrected chi connectivity index (χ3v) is 2.71. The summed E-state index contributed by atoms with van der Waals surface area (Å²) in [5, 5.41) is 11.8. The highest BCUT2D eigenvalue weighted by molar-refractivity contribution is 5.97. The fourth-order valence-corrected chi connectivity index (χ4v) is 1.77. The molecule has 0 radical (unpaired) electrons. The highest BCUT2D eigenvalue weighted by Gasteiger charge is 2.13. The number of carbonyl (C=O) groups is 1. The molecule has 7 heteroatoms. The van der Waals surface area contributed by atoms with Crippen LogP contribution < -0.4 is 15.8 Å². The topological polar surface area (TPSA) is 84.6 Å². The Bertz CT molecular complexity index is 662. The first-order valence-corrected chi connectivity index (χ1v) is 5.91. The first kappa shape index (κ1) is 14.6. The standard InChI is InChI=1S/C14H12F2N2O3/c15-14(16)21-11-7-2-1-5-9(11)18-10-6-3-4-8(12(10)17)13(19)20/h1-7,14,18H,17H2,(H,19,20). The SMILES string of the molecule is Nc1c(Nc2ccccc2OC(F)F)cccc1C(=O)O. The predicted octanol–water partition coefficient (Wildman–Crippen LogP) is 3.31. The summed E-state index contributed by atoms with van der Waals surface area (Å²) >= 11 is 0. The van der Waals surface area contributed by atoms with Gasteiger partial charge in [0, 0.05) is 0 Å². The van der Waals surface area contributed by atoms with Gasteiger partial charge in [-0.3, -0.25) is 0 Å². The molecule has 0 saturated heterocycles. The number of nitrogens with one attached hydrogen (secondary N) is 1. The molecule has 0 spiro atoms. The molecule has 2 rings (SSSR count). The predicted molar refractivity (Wildman–Crippen MR) is 74.2 cm³/mol. The van der Waals surface area contributed by atoms with Crippen molar-refractivity contribution in [3.8, 4) is 5.75 Å². The number of aromatic carboxylic acids is 1. The minimum absolute atomic E-state index is 0.0110. The van der Waals surface area contributed by atoms with E-state index < -0.39 is 12.6 Å². The summed E-state index contributed by atoms with van der Waals surface area (Å²) in [5.41, 5.74) is 6.23. The molecular weight excluding hydrogens is 282 g/mol. The minimum Gasteiger partial charge on any atom is -0.478 e. The Morgan fingerprint density at radius 3 is 2.48 bits per heavy atom. The number of carboxylic acid groups (broad SMARTS) is 1. The smallest absolute Gasteiger partial charge is 0.387 e. The zero-order chi connectivity index (χ0) is 15.4. The molecular formula is C14H12F2N2O3. The van der Waals surface area contributed by atoms with Crippen LogP contribution in [0.25, 0.3) is 0 Å². The first-order valence-electron chi connectivity index (χ1n) is 5.91. The van der Waals surface area contributed by atoms with Crippen LogP contribution in [0.4, 0.5) is 25.8 Å². The lowest BCUT2D eigenvalue weighted by Gasteiger charge is -2.14. The first-order chi connectivity index (χ1) is 9.99. The number of carboxylic acids is 1. The molecule has 0 aliphatic carbocycles. The van der Waals surface area contributed by atoms with Crippen molar-refractivity contribution in [2.75, 3.05) is 11.1 Å². The molecule has 5 nitrogen and oxygen atoms in total. The Labute approximate surface area is 119 Å². The van der Waals surface area contributed by atoms with Gasteiger partial charge in [-0.05, 0) is 24.3 Å². The van der Waals surface area contributed by atoms with Gasteiger partial charge in [0.1, 0.15) is 5.75 Å². The third-order valence-electron chi connectivity index (χ3n) is 2.71. The number of para-hydroxylation sites is 3. The Morgan fingerprint density at radius 2 is 1.81 bits per heavy atom. The van der Waals surface area contributed by atoms with Crippen LogP contribution in [0.5, 0.6) is 5.75 Å². The van der Waals surface area contributed by atoms with Crippen molar-refractivity contribution in [2.24, 2.45) is 0 Å². The molecule has 0 fully saturated rings. The molecule has 0 aliphatic rings. The van der Waals surface area contributed by atoms with E-state index in [1.54, 1.807) is 18.2 Å². The molecule has 0 heterocycles. The summed E-state index contributed by atoms with van der Waals surface area (Å²) < 4.78 is 29.1. The van der Waals surface area contributed by atoms with Crippen LogP contribution in [0.15, 0.2) is 42.5 Å². The fourth-order valence-electron chi connectivity index (χ4n) is 1.77. The van der Waals surface area contributed by atoms with Crippen molar-refractivity contribution in [1.29, 1.82) is 0 Å². The number of hydrogen-bond donors (Lipinski definition) is 3. The molecule has 0 aromatic heterocycles. The monoisotopic (exact) mass is 294 g/mol. The van der Waals surface area contributed by atoms with Gasteiger partial charge in [0.2, 0.25) is 0 Å². The van der Waals surface area contributed by atoms with Gasteiger partial charge in [-0.1, -0.05) is 18.2 Å². The molecule has 2 aromatic rings. The van der Waals surface area contributed by atoms with E-state index in [9.17, 15) is 13.6 Å². The van der Waals surface area contributed by atoms with Crippen molar-refractivity contribution in [3.05, 3.63) is 48.0 Å². The summed E-state index contributed by atoms with van der Waals surface area (Å²) in [6.07, 6.45) is 0. The number of anilines is 3. The van der Waals surface area contributed by atoms with Gasteiger partial charge in [-0.15, -0.1) is 0 Å².